The second kappa shape index (κ2) is 7.60. The molecule has 2 aromatic heterocycles. The number of ether oxygens (including phenoxy) is 1. The zero-order valence-corrected chi connectivity index (χ0v) is 17.1. The quantitative estimate of drug-likeness (QED) is 0.706. The van der Waals surface area contributed by atoms with Crippen LogP contribution in [0.5, 0.6) is 0 Å². The average molecular weight is 402 g/mol. The molecule has 1 aliphatic carbocycles. The molecule has 6 nitrogen and oxygen atoms in total. The summed E-state index contributed by atoms with van der Waals surface area (Å²) in [6.07, 6.45) is 4.27. The lowest BCUT2D eigenvalue weighted by Crippen LogP contribution is -2.34. The molecule has 6 rings (SSSR count). The average Bonchev–Trinajstić information content (AvgIpc) is 3.23. The number of pyridine rings is 1. The maximum atomic E-state index is 5.49. The van der Waals surface area contributed by atoms with Crippen LogP contribution in [0.3, 0.4) is 0 Å². The SMILES string of the molecule is c1cnc2ccc(-c3ccc(N[C@@H]4[C@@H]5CN(CC6CCOCC6)C[C@@H]54)nn3)cc2c1. The number of benzene rings is 1. The van der Waals surface area contributed by atoms with Crippen molar-refractivity contribution in [3.05, 3.63) is 48.7 Å². The summed E-state index contributed by atoms with van der Waals surface area (Å²) in [6.45, 7) is 5.58. The first-order chi connectivity index (χ1) is 14.8. The Balaban J connectivity index is 1.05. The molecule has 3 fully saturated rings. The number of nitrogens with one attached hydrogen (secondary N) is 1. The van der Waals surface area contributed by atoms with Crippen LogP contribution in [0, 0.1) is 17.8 Å². The van der Waals surface area contributed by atoms with E-state index < -0.39 is 0 Å². The van der Waals surface area contributed by atoms with Crippen molar-refractivity contribution >= 4 is 16.7 Å². The molecule has 0 bridgehead atoms. The van der Waals surface area contributed by atoms with Crippen LogP contribution < -0.4 is 5.32 Å². The maximum Gasteiger partial charge on any atom is 0.148 e. The van der Waals surface area contributed by atoms with Crippen LogP contribution >= 0.6 is 0 Å². The number of anilines is 1. The number of hydrogen-bond acceptors (Lipinski definition) is 6. The molecule has 1 saturated carbocycles. The normalized spacial score (nSPS) is 26.6. The van der Waals surface area contributed by atoms with Crippen molar-refractivity contribution in [1.82, 2.24) is 20.1 Å². The van der Waals surface area contributed by atoms with E-state index in [4.69, 9.17) is 4.74 Å². The van der Waals surface area contributed by atoms with Gasteiger partial charge in [-0.15, -0.1) is 10.2 Å². The molecule has 154 valence electrons. The molecule has 3 aromatic rings. The van der Waals surface area contributed by atoms with Gasteiger partial charge in [0.25, 0.3) is 0 Å². The zero-order valence-electron chi connectivity index (χ0n) is 17.1. The third-order valence-corrected chi connectivity index (χ3v) is 7.00. The van der Waals surface area contributed by atoms with Crippen molar-refractivity contribution in [3.8, 4) is 11.3 Å². The highest BCUT2D eigenvalue weighted by molar-refractivity contribution is 5.83. The first kappa shape index (κ1) is 18.2. The number of likely N-dealkylation sites (tertiary alicyclic amines) is 1. The highest BCUT2D eigenvalue weighted by Gasteiger charge is 2.55. The van der Waals surface area contributed by atoms with Gasteiger partial charge in [-0.2, -0.15) is 0 Å². The van der Waals surface area contributed by atoms with Gasteiger partial charge in [0.15, 0.2) is 0 Å². The number of aromatic nitrogens is 3. The van der Waals surface area contributed by atoms with E-state index in [2.05, 4.69) is 55.7 Å². The first-order valence-electron chi connectivity index (χ1n) is 11.1. The molecule has 30 heavy (non-hydrogen) atoms. The van der Waals surface area contributed by atoms with Gasteiger partial charge in [0.1, 0.15) is 5.82 Å². The molecule has 4 heterocycles. The van der Waals surface area contributed by atoms with Crippen LogP contribution in [0.15, 0.2) is 48.7 Å². The van der Waals surface area contributed by atoms with E-state index in [0.29, 0.717) is 6.04 Å². The lowest BCUT2D eigenvalue weighted by Gasteiger charge is -2.28. The van der Waals surface area contributed by atoms with Gasteiger partial charge in [0.2, 0.25) is 0 Å². The largest absolute Gasteiger partial charge is 0.381 e. The molecule has 0 radical (unpaired) electrons. The molecule has 1 N–H and O–H groups in total. The molecule has 1 aromatic carbocycles. The van der Waals surface area contributed by atoms with Crippen LogP contribution in [0.1, 0.15) is 12.8 Å². The van der Waals surface area contributed by atoms with Crippen LogP contribution in [-0.2, 0) is 4.74 Å². The number of fused-ring (bicyclic) bond motifs is 2. The van der Waals surface area contributed by atoms with Gasteiger partial charge < -0.3 is 15.0 Å². The van der Waals surface area contributed by atoms with E-state index in [1.807, 2.05) is 18.3 Å². The minimum absolute atomic E-state index is 0.558. The third kappa shape index (κ3) is 3.55. The van der Waals surface area contributed by atoms with Crippen LogP contribution in [-0.4, -0.2) is 59.0 Å². The maximum absolute atomic E-state index is 5.49. The first-order valence-corrected chi connectivity index (χ1v) is 11.1. The summed E-state index contributed by atoms with van der Waals surface area (Å²) in [7, 11) is 0. The summed E-state index contributed by atoms with van der Waals surface area (Å²) in [5, 5.41) is 13.7. The van der Waals surface area contributed by atoms with Crippen LogP contribution in [0.4, 0.5) is 5.82 Å². The minimum Gasteiger partial charge on any atom is -0.381 e. The molecular formula is C24H27N5O. The Hall–Kier alpha value is -2.57. The molecule has 0 amide bonds. The molecule has 0 spiro atoms. The Morgan fingerprint density at radius 1 is 1.00 bits per heavy atom. The number of hydrogen-bond donors (Lipinski definition) is 1. The minimum atomic E-state index is 0.558. The third-order valence-electron chi connectivity index (χ3n) is 7.00. The van der Waals surface area contributed by atoms with E-state index in [0.717, 1.165) is 58.9 Å². The molecule has 2 saturated heterocycles. The topological polar surface area (TPSA) is 63.2 Å². The van der Waals surface area contributed by atoms with Crippen LogP contribution in [0.2, 0.25) is 0 Å². The zero-order chi connectivity index (χ0) is 19.9. The van der Waals surface area contributed by atoms with Crippen molar-refractivity contribution in [2.45, 2.75) is 18.9 Å². The second-order valence-corrected chi connectivity index (χ2v) is 8.99. The lowest BCUT2D eigenvalue weighted by atomic mass is 10.00. The lowest BCUT2D eigenvalue weighted by molar-refractivity contribution is 0.0540. The second-order valence-electron chi connectivity index (χ2n) is 8.99. The number of rotatable bonds is 5. The summed E-state index contributed by atoms with van der Waals surface area (Å²) in [5.74, 6) is 3.24. The van der Waals surface area contributed by atoms with Gasteiger partial charge in [-0.1, -0.05) is 12.1 Å². The van der Waals surface area contributed by atoms with Crippen molar-refractivity contribution in [2.75, 3.05) is 38.2 Å². The van der Waals surface area contributed by atoms with Gasteiger partial charge in [-0.25, -0.2) is 0 Å². The Kier molecular flexibility index (Phi) is 4.61. The van der Waals surface area contributed by atoms with Crippen molar-refractivity contribution in [2.24, 2.45) is 17.8 Å². The fourth-order valence-corrected chi connectivity index (χ4v) is 5.24. The predicted octanol–water partition coefficient (Wildman–Crippen LogP) is 3.46. The predicted molar refractivity (Wildman–Crippen MR) is 117 cm³/mol. The van der Waals surface area contributed by atoms with Gasteiger partial charge in [-0.05, 0) is 60.9 Å². The Morgan fingerprint density at radius 2 is 1.87 bits per heavy atom. The van der Waals surface area contributed by atoms with Gasteiger partial charge in [0.05, 0.1) is 11.2 Å². The smallest absolute Gasteiger partial charge is 0.148 e. The van der Waals surface area contributed by atoms with Crippen molar-refractivity contribution < 1.29 is 4.74 Å². The Morgan fingerprint density at radius 3 is 2.67 bits per heavy atom. The number of nitrogens with zero attached hydrogens (tertiary/aromatic N) is 4. The summed E-state index contributed by atoms with van der Waals surface area (Å²) in [5.41, 5.74) is 2.96. The van der Waals surface area contributed by atoms with E-state index in [9.17, 15) is 0 Å². The van der Waals surface area contributed by atoms with E-state index in [1.54, 1.807) is 0 Å². The van der Waals surface area contributed by atoms with E-state index >= 15 is 0 Å². The van der Waals surface area contributed by atoms with Gasteiger partial charge in [0, 0.05) is 56.0 Å². The standard InChI is InChI=1S/C24H27N5O/c1-2-17-12-18(3-4-21(17)25-9-1)22-5-6-23(28-27-22)26-24-19-14-29(15-20(19)24)13-16-7-10-30-11-8-16/h1-6,9,12,16,19-20,24H,7-8,10-11,13-15H2,(H,26,28)/t19-,20+,24-. The highest BCUT2D eigenvalue weighted by atomic mass is 16.5. The Bertz CT molecular complexity index is 1020. The number of piperidine rings is 1. The summed E-state index contributed by atoms with van der Waals surface area (Å²) >= 11 is 0. The molecule has 2 aliphatic heterocycles. The molecular weight excluding hydrogens is 374 g/mol. The van der Waals surface area contributed by atoms with E-state index in [1.165, 1.54) is 32.5 Å². The molecule has 6 heteroatoms. The van der Waals surface area contributed by atoms with E-state index in [-0.39, 0.29) is 0 Å². The fourth-order valence-electron chi connectivity index (χ4n) is 5.24. The van der Waals surface area contributed by atoms with Crippen LogP contribution in [0.25, 0.3) is 22.2 Å². The molecule has 3 atom stereocenters. The molecule has 0 unspecified atom stereocenters. The van der Waals surface area contributed by atoms with Crippen molar-refractivity contribution in [1.29, 1.82) is 0 Å². The monoisotopic (exact) mass is 401 g/mol. The summed E-state index contributed by atoms with van der Waals surface area (Å²) in [6, 6.07) is 14.9. The summed E-state index contributed by atoms with van der Waals surface area (Å²) in [4.78, 5) is 7.04. The van der Waals surface area contributed by atoms with Crippen molar-refractivity contribution in [3.63, 3.8) is 0 Å². The van der Waals surface area contributed by atoms with Gasteiger partial charge >= 0.3 is 0 Å². The van der Waals surface area contributed by atoms with Gasteiger partial charge in [-0.3, -0.25) is 4.98 Å². The molecule has 3 aliphatic rings. The highest BCUT2D eigenvalue weighted by Crippen LogP contribution is 2.47. The fraction of sp³-hybridized carbons (Fsp3) is 0.458. The summed E-state index contributed by atoms with van der Waals surface area (Å²) < 4.78 is 5.49. The Labute approximate surface area is 176 Å².